The van der Waals surface area contributed by atoms with Gasteiger partial charge < -0.3 is 15.0 Å². The Balaban J connectivity index is 1.52. The summed E-state index contributed by atoms with van der Waals surface area (Å²) in [7, 11) is 0. The molecule has 0 bridgehead atoms. The van der Waals surface area contributed by atoms with Crippen molar-refractivity contribution in [2.24, 2.45) is 0 Å². The van der Waals surface area contributed by atoms with E-state index < -0.39 is 18.5 Å². The first-order valence-electron chi connectivity index (χ1n) is 9.86. The van der Waals surface area contributed by atoms with Crippen LogP contribution < -0.4 is 5.32 Å². The number of carbonyl (C=O) groups is 3. The monoisotopic (exact) mass is 403 g/mol. The van der Waals surface area contributed by atoms with Crippen LogP contribution >= 0.6 is 11.3 Å². The molecule has 0 saturated carbocycles. The lowest BCUT2D eigenvalue weighted by molar-refractivity contribution is -0.151. The van der Waals surface area contributed by atoms with Crippen LogP contribution in [0.4, 0.5) is 5.00 Å². The van der Waals surface area contributed by atoms with Gasteiger partial charge in [-0.25, -0.2) is 0 Å². The van der Waals surface area contributed by atoms with E-state index in [0.717, 1.165) is 56.9 Å². The number of likely N-dealkylation sites (tertiary alicyclic amines) is 1. The third-order valence-electron chi connectivity index (χ3n) is 5.14. The molecule has 2 heterocycles. The zero-order chi connectivity index (χ0) is 19.9. The minimum absolute atomic E-state index is 0.0438. The van der Waals surface area contributed by atoms with Crippen molar-refractivity contribution in [3.8, 4) is 6.07 Å². The Hall–Kier alpha value is -2.40. The van der Waals surface area contributed by atoms with Crippen molar-refractivity contribution >= 4 is 34.1 Å². The number of carbonyl (C=O) groups excluding carboxylic acids is 3. The van der Waals surface area contributed by atoms with Gasteiger partial charge in [0, 0.05) is 17.8 Å². The van der Waals surface area contributed by atoms with Crippen molar-refractivity contribution in [2.45, 2.75) is 57.8 Å². The minimum Gasteiger partial charge on any atom is -0.454 e. The van der Waals surface area contributed by atoms with E-state index in [-0.39, 0.29) is 12.5 Å². The third-order valence-corrected chi connectivity index (χ3v) is 6.35. The summed E-state index contributed by atoms with van der Waals surface area (Å²) < 4.78 is 5.04. The Morgan fingerprint density at radius 3 is 2.68 bits per heavy atom. The molecule has 28 heavy (non-hydrogen) atoms. The van der Waals surface area contributed by atoms with Crippen LogP contribution in [0.15, 0.2) is 0 Å². The van der Waals surface area contributed by atoms with Crippen molar-refractivity contribution in [1.82, 2.24) is 4.90 Å². The Kier molecular flexibility index (Phi) is 7.04. The smallest absolute Gasteiger partial charge is 0.326 e. The van der Waals surface area contributed by atoms with Gasteiger partial charge in [-0.15, -0.1) is 11.3 Å². The van der Waals surface area contributed by atoms with Crippen LogP contribution in [0, 0.1) is 11.3 Å². The lowest BCUT2D eigenvalue weighted by atomic mass is 10.1. The molecule has 7 nitrogen and oxygen atoms in total. The maximum Gasteiger partial charge on any atom is 0.326 e. The number of fused-ring (bicyclic) bond motifs is 1. The summed E-state index contributed by atoms with van der Waals surface area (Å²) >= 11 is 1.45. The number of anilines is 1. The van der Waals surface area contributed by atoms with Crippen LogP contribution in [-0.4, -0.2) is 42.4 Å². The van der Waals surface area contributed by atoms with E-state index in [0.29, 0.717) is 23.5 Å². The third kappa shape index (κ3) is 5.10. The molecule has 1 saturated heterocycles. The molecule has 150 valence electrons. The van der Waals surface area contributed by atoms with Crippen LogP contribution in [0.3, 0.4) is 0 Å². The highest BCUT2D eigenvalue weighted by Crippen LogP contribution is 2.36. The number of amides is 2. The molecule has 0 spiro atoms. The second-order valence-corrected chi connectivity index (χ2v) is 8.32. The predicted octanol–water partition coefficient (Wildman–Crippen LogP) is 2.77. The molecular weight excluding hydrogens is 378 g/mol. The standard InChI is InChI=1S/C20H25N3O4S/c21-11-15-14-7-3-1-4-8-16(14)28-20(15)22-17(24)13-27-19(26)12-23-10-6-2-5-9-18(23)25/h1-10,12-13H2,(H,22,24). The van der Waals surface area contributed by atoms with Crippen LogP contribution in [0.5, 0.6) is 0 Å². The minimum atomic E-state index is -0.590. The fourth-order valence-electron chi connectivity index (χ4n) is 3.66. The molecule has 2 aliphatic rings. The average Bonchev–Trinajstić information content (AvgIpc) is 2.83. The van der Waals surface area contributed by atoms with Gasteiger partial charge in [-0.1, -0.05) is 12.8 Å². The first-order chi connectivity index (χ1) is 13.6. The molecule has 0 aromatic carbocycles. The number of thiophene rings is 1. The second-order valence-electron chi connectivity index (χ2n) is 7.22. The van der Waals surface area contributed by atoms with Gasteiger partial charge in [-0.05, 0) is 44.1 Å². The molecule has 0 radical (unpaired) electrons. The van der Waals surface area contributed by atoms with E-state index in [4.69, 9.17) is 4.74 Å². The number of hydrogen-bond donors (Lipinski definition) is 1. The van der Waals surface area contributed by atoms with E-state index in [1.807, 2.05) is 0 Å². The largest absolute Gasteiger partial charge is 0.454 e. The van der Waals surface area contributed by atoms with Gasteiger partial charge >= 0.3 is 5.97 Å². The first-order valence-corrected chi connectivity index (χ1v) is 10.7. The number of rotatable bonds is 5. The van der Waals surface area contributed by atoms with Crippen LogP contribution in [-0.2, 0) is 32.0 Å². The number of nitriles is 1. The van der Waals surface area contributed by atoms with Gasteiger partial charge in [0.1, 0.15) is 17.6 Å². The fraction of sp³-hybridized carbons (Fsp3) is 0.600. The highest BCUT2D eigenvalue weighted by atomic mass is 32.1. The van der Waals surface area contributed by atoms with Crippen LogP contribution in [0.25, 0.3) is 0 Å². The number of nitrogens with one attached hydrogen (secondary N) is 1. The molecule has 1 aliphatic carbocycles. The Morgan fingerprint density at radius 2 is 1.86 bits per heavy atom. The molecule has 2 amide bonds. The van der Waals surface area contributed by atoms with Crippen molar-refractivity contribution in [1.29, 1.82) is 5.26 Å². The van der Waals surface area contributed by atoms with Crippen molar-refractivity contribution < 1.29 is 19.1 Å². The second kappa shape index (κ2) is 9.69. The number of esters is 1. The van der Waals surface area contributed by atoms with Gasteiger partial charge in [0.15, 0.2) is 6.61 Å². The highest BCUT2D eigenvalue weighted by Gasteiger charge is 2.23. The molecule has 3 rings (SSSR count). The van der Waals surface area contributed by atoms with E-state index in [2.05, 4.69) is 11.4 Å². The molecule has 1 aromatic rings. The van der Waals surface area contributed by atoms with Crippen molar-refractivity contribution in [3.63, 3.8) is 0 Å². The summed E-state index contributed by atoms with van der Waals surface area (Å²) in [5.41, 5.74) is 1.59. The number of hydrogen-bond acceptors (Lipinski definition) is 6. The fourth-order valence-corrected chi connectivity index (χ4v) is 4.92. The number of nitrogens with zero attached hydrogens (tertiary/aromatic N) is 2. The van der Waals surface area contributed by atoms with Gasteiger partial charge in [-0.2, -0.15) is 5.26 Å². The summed E-state index contributed by atoms with van der Waals surface area (Å²) in [6.07, 6.45) is 8.26. The summed E-state index contributed by atoms with van der Waals surface area (Å²) in [6.45, 7) is 0.00354. The molecule has 1 N–H and O–H groups in total. The zero-order valence-corrected chi connectivity index (χ0v) is 16.7. The molecule has 1 aliphatic heterocycles. The zero-order valence-electron chi connectivity index (χ0n) is 15.9. The highest BCUT2D eigenvalue weighted by molar-refractivity contribution is 7.16. The van der Waals surface area contributed by atoms with Gasteiger partial charge in [0.25, 0.3) is 5.91 Å². The Bertz CT molecular complexity index is 796. The molecule has 1 aromatic heterocycles. The normalized spacial score (nSPS) is 17.1. The van der Waals surface area contributed by atoms with Gasteiger partial charge in [0.2, 0.25) is 5.91 Å². The molecular formula is C20H25N3O4S. The first kappa shape index (κ1) is 20.3. The van der Waals surface area contributed by atoms with Crippen molar-refractivity contribution in [3.05, 3.63) is 16.0 Å². The average molecular weight is 404 g/mol. The number of aryl methyl sites for hydroxylation is 1. The molecule has 0 unspecified atom stereocenters. The van der Waals surface area contributed by atoms with E-state index in [1.54, 1.807) is 0 Å². The quantitative estimate of drug-likeness (QED) is 0.602. The lowest BCUT2D eigenvalue weighted by Crippen LogP contribution is -2.36. The number of ether oxygens (including phenoxy) is 1. The Morgan fingerprint density at radius 1 is 1.11 bits per heavy atom. The van der Waals surface area contributed by atoms with Crippen molar-refractivity contribution in [2.75, 3.05) is 25.0 Å². The van der Waals surface area contributed by atoms with E-state index in [9.17, 15) is 19.6 Å². The topological polar surface area (TPSA) is 99.5 Å². The molecule has 8 heteroatoms. The summed E-state index contributed by atoms with van der Waals surface area (Å²) in [5, 5.41) is 12.8. The van der Waals surface area contributed by atoms with Crippen LogP contribution in [0.1, 0.15) is 60.9 Å². The Labute approximate surface area is 168 Å². The summed E-state index contributed by atoms with van der Waals surface area (Å²) in [6, 6.07) is 2.21. The molecule has 0 atom stereocenters. The SMILES string of the molecule is N#Cc1c(NC(=O)COC(=O)CN2CCCCCC2=O)sc2c1CCCCC2. The summed E-state index contributed by atoms with van der Waals surface area (Å²) in [4.78, 5) is 38.8. The van der Waals surface area contributed by atoms with Gasteiger partial charge in [0.05, 0.1) is 5.56 Å². The maximum absolute atomic E-state index is 12.2. The maximum atomic E-state index is 12.2. The lowest BCUT2D eigenvalue weighted by Gasteiger charge is -2.19. The van der Waals surface area contributed by atoms with E-state index >= 15 is 0 Å². The van der Waals surface area contributed by atoms with E-state index in [1.165, 1.54) is 21.1 Å². The molecule has 1 fully saturated rings. The predicted molar refractivity (Wildman–Crippen MR) is 105 cm³/mol. The van der Waals surface area contributed by atoms with Gasteiger partial charge in [-0.3, -0.25) is 14.4 Å². The van der Waals surface area contributed by atoms with Crippen LogP contribution in [0.2, 0.25) is 0 Å². The summed E-state index contributed by atoms with van der Waals surface area (Å²) in [5.74, 6) is -1.10.